The van der Waals surface area contributed by atoms with Crippen LogP contribution in [0, 0.1) is 5.92 Å². The summed E-state index contributed by atoms with van der Waals surface area (Å²) in [7, 11) is 1.94. The fourth-order valence-electron chi connectivity index (χ4n) is 4.03. The first kappa shape index (κ1) is 21.7. The van der Waals surface area contributed by atoms with Gasteiger partial charge in [-0.25, -0.2) is 4.98 Å². The lowest BCUT2D eigenvalue weighted by Crippen LogP contribution is -2.51. The molecule has 2 aliphatic rings. The summed E-state index contributed by atoms with van der Waals surface area (Å²) in [5.74, 6) is 0.618. The topological polar surface area (TPSA) is 70.5 Å². The van der Waals surface area contributed by atoms with Crippen LogP contribution in [0.25, 0.3) is 0 Å². The maximum Gasteiger partial charge on any atom is 0.228 e. The Morgan fingerprint density at radius 3 is 2.90 bits per heavy atom. The fraction of sp³-hybridized carbons (Fsp3) is 0.450. The molecule has 2 unspecified atom stereocenters. The molecule has 0 aliphatic carbocycles. The fourth-order valence-corrected chi connectivity index (χ4v) is 4.49. The average molecular weight is 436 g/mol. The minimum atomic E-state index is -0.314. The molecule has 3 heterocycles. The monoisotopic (exact) mass is 435 g/mol. The standard InChI is InChI=1S/C20H25N5O2S.ClH/c1-23-8-7-22-19(23)17-12-21-6-9-24(17)20(27)14-10-18(26)25(13-14)15-4-3-5-16(11-15)28-2;/h3-5,7-8,11,14,17,21H,6,9-10,12-13H2,1-2H3;1H. The van der Waals surface area contributed by atoms with E-state index in [0.29, 0.717) is 19.6 Å². The minimum absolute atomic E-state index is 0. The molecule has 7 nitrogen and oxygen atoms in total. The summed E-state index contributed by atoms with van der Waals surface area (Å²) in [4.78, 5) is 35.2. The number of benzene rings is 1. The number of hydrogen-bond donors (Lipinski definition) is 1. The number of aromatic nitrogens is 2. The Morgan fingerprint density at radius 2 is 2.17 bits per heavy atom. The second-order valence-electron chi connectivity index (χ2n) is 7.25. The molecule has 2 saturated heterocycles. The maximum atomic E-state index is 13.3. The summed E-state index contributed by atoms with van der Waals surface area (Å²) < 4.78 is 1.96. The molecule has 2 amide bonds. The number of aryl methyl sites for hydroxylation is 1. The zero-order valence-corrected chi connectivity index (χ0v) is 18.2. The molecule has 4 rings (SSSR count). The van der Waals surface area contributed by atoms with E-state index >= 15 is 0 Å². The van der Waals surface area contributed by atoms with Gasteiger partial charge in [0, 0.05) is 62.6 Å². The highest BCUT2D eigenvalue weighted by atomic mass is 35.5. The van der Waals surface area contributed by atoms with Crippen LogP contribution in [0.3, 0.4) is 0 Å². The quantitative estimate of drug-likeness (QED) is 0.744. The van der Waals surface area contributed by atoms with Crippen molar-refractivity contribution in [1.82, 2.24) is 19.8 Å². The Kier molecular flexibility index (Phi) is 6.87. The molecule has 2 aliphatic heterocycles. The van der Waals surface area contributed by atoms with Gasteiger partial charge in [-0.3, -0.25) is 9.59 Å². The second kappa shape index (κ2) is 9.19. The largest absolute Gasteiger partial charge is 0.336 e. The van der Waals surface area contributed by atoms with Crippen LogP contribution in [-0.2, 0) is 16.6 Å². The van der Waals surface area contributed by atoms with Gasteiger partial charge in [-0.2, -0.15) is 0 Å². The third-order valence-corrected chi connectivity index (χ3v) is 6.25. The van der Waals surface area contributed by atoms with Gasteiger partial charge < -0.3 is 19.7 Å². The molecule has 1 aromatic heterocycles. The van der Waals surface area contributed by atoms with E-state index in [1.807, 2.05) is 53.2 Å². The van der Waals surface area contributed by atoms with Crippen molar-refractivity contribution in [3.8, 4) is 0 Å². The number of halogens is 1. The van der Waals surface area contributed by atoms with Gasteiger partial charge in [0.05, 0.1) is 5.92 Å². The van der Waals surface area contributed by atoms with Gasteiger partial charge in [-0.05, 0) is 24.5 Å². The number of carbonyl (C=O) groups is 2. The molecule has 1 aromatic carbocycles. The molecule has 9 heteroatoms. The van der Waals surface area contributed by atoms with Crippen LogP contribution in [0.4, 0.5) is 5.69 Å². The van der Waals surface area contributed by atoms with Crippen molar-refractivity contribution in [1.29, 1.82) is 0 Å². The Morgan fingerprint density at radius 1 is 1.34 bits per heavy atom. The maximum absolute atomic E-state index is 13.3. The first-order valence-electron chi connectivity index (χ1n) is 9.51. The van der Waals surface area contributed by atoms with Crippen LogP contribution in [-0.4, -0.2) is 58.7 Å². The summed E-state index contributed by atoms with van der Waals surface area (Å²) in [6.45, 7) is 2.50. The number of thioether (sulfide) groups is 1. The number of imidazole rings is 1. The van der Waals surface area contributed by atoms with Gasteiger partial charge in [0.2, 0.25) is 11.8 Å². The number of nitrogens with one attached hydrogen (secondary N) is 1. The van der Waals surface area contributed by atoms with E-state index in [9.17, 15) is 9.59 Å². The molecule has 2 atom stereocenters. The van der Waals surface area contributed by atoms with Crippen LogP contribution in [0.1, 0.15) is 18.3 Å². The van der Waals surface area contributed by atoms with Gasteiger partial charge in [0.15, 0.2) is 0 Å². The predicted molar refractivity (Wildman–Crippen MR) is 116 cm³/mol. The summed E-state index contributed by atoms with van der Waals surface area (Å²) in [6.07, 6.45) is 5.93. The van der Waals surface area contributed by atoms with Gasteiger partial charge in [-0.15, -0.1) is 24.2 Å². The van der Waals surface area contributed by atoms with Crippen molar-refractivity contribution in [2.75, 3.05) is 37.3 Å². The zero-order valence-electron chi connectivity index (χ0n) is 16.6. The number of nitrogens with zero attached hydrogens (tertiary/aromatic N) is 4. The van der Waals surface area contributed by atoms with E-state index in [1.54, 1.807) is 22.9 Å². The molecule has 2 fully saturated rings. The van der Waals surface area contributed by atoms with Crippen molar-refractivity contribution in [3.63, 3.8) is 0 Å². The molecule has 0 spiro atoms. The van der Waals surface area contributed by atoms with Crippen LogP contribution in [0.15, 0.2) is 41.6 Å². The lowest BCUT2D eigenvalue weighted by Gasteiger charge is -2.37. The first-order chi connectivity index (χ1) is 13.6. The molecular weight excluding hydrogens is 410 g/mol. The van der Waals surface area contributed by atoms with Gasteiger partial charge in [0.1, 0.15) is 11.9 Å². The van der Waals surface area contributed by atoms with E-state index < -0.39 is 0 Å². The van der Waals surface area contributed by atoms with Crippen molar-refractivity contribution in [3.05, 3.63) is 42.5 Å². The molecule has 0 radical (unpaired) electrons. The highest BCUT2D eigenvalue weighted by Gasteiger charge is 2.40. The van der Waals surface area contributed by atoms with E-state index in [0.717, 1.165) is 23.0 Å². The van der Waals surface area contributed by atoms with E-state index in [1.165, 1.54) is 0 Å². The highest BCUT2D eigenvalue weighted by Crippen LogP contribution is 2.31. The third kappa shape index (κ3) is 4.29. The normalized spacial score (nSPS) is 21.9. The lowest BCUT2D eigenvalue weighted by atomic mass is 10.0. The number of anilines is 1. The summed E-state index contributed by atoms with van der Waals surface area (Å²) in [5, 5.41) is 3.35. The molecule has 2 aromatic rings. The molecule has 29 heavy (non-hydrogen) atoms. The summed E-state index contributed by atoms with van der Waals surface area (Å²) in [5.41, 5.74) is 0.869. The Balaban J connectivity index is 0.00000240. The molecule has 0 saturated carbocycles. The lowest BCUT2D eigenvalue weighted by molar-refractivity contribution is -0.139. The predicted octanol–water partition coefficient (Wildman–Crippen LogP) is 2.09. The van der Waals surface area contributed by atoms with Crippen molar-refractivity contribution >= 4 is 41.7 Å². The Bertz CT molecular complexity index is 889. The van der Waals surface area contributed by atoms with Gasteiger partial charge >= 0.3 is 0 Å². The molecular formula is C20H26ClN5O2S. The smallest absolute Gasteiger partial charge is 0.228 e. The molecule has 156 valence electrons. The summed E-state index contributed by atoms with van der Waals surface area (Å²) in [6, 6.07) is 7.82. The SMILES string of the molecule is CSc1cccc(N2CC(C(=O)N3CCNCC3c3nccn3C)CC2=O)c1.Cl. The van der Waals surface area contributed by atoms with E-state index in [4.69, 9.17) is 0 Å². The zero-order chi connectivity index (χ0) is 19.7. The highest BCUT2D eigenvalue weighted by molar-refractivity contribution is 7.98. The van der Waals surface area contributed by atoms with Gasteiger partial charge in [0.25, 0.3) is 0 Å². The second-order valence-corrected chi connectivity index (χ2v) is 8.13. The Hall–Kier alpha value is -2.03. The van der Waals surface area contributed by atoms with Crippen molar-refractivity contribution in [2.24, 2.45) is 13.0 Å². The number of amides is 2. The number of piperazine rings is 1. The van der Waals surface area contributed by atoms with Crippen LogP contribution >= 0.6 is 24.2 Å². The van der Waals surface area contributed by atoms with Crippen LogP contribution < -0.4 is 10.2 Å². The number of hydrogen-bond acceptors (Lipinski definition) is 5. The number of carbonyl (C=O) groups excluding carboxylic acids is 2. The minimum Gasteiger partial charge on any atom is -0.336 e. The van der Waals surface area contributed by atoms with E-state index in [2.05, 4.69) is 10.3 Å². The van der Waals surface area contributed by atoms with E-state index in [-0.39, 0.29) is 42.6 Å². The Labute approximate surface area is 181 Å². The molecule has 1 N–H and O–H groups in total. The average Bonchev–Trinajstić information content (AvgIpc) is 3.33. The summed E-state index contributed by atoms with van der Waals surface area (Å²) >= 11 is 1.64. The first-order valence-corrected chi connectivity index (χ1v) is 10.7. The number of rotatable bonds is 4. The van der Waals surface area contributed by atoms with Crippen LogP contribution in [0.5, 0.6) is 0 Å². The molecule has 0 bridgehead atoms. The van der Waals surface area contributed by atoms with Gasteiger partial charge in [-0.1, -0.05) is 6.07 Å². The van der Waals surface area contributed by atoms with Crippen LogP contribution in [0.2, 0.25) is 0 Å². The van der Waals surface area contributed by atoms with Crippen molar-refractivity contribution < 1.29 is 9.59 Å². The van der Waals surface area contributed by atoms with Crippen molar-refractivity contribution in [2.45, 2.75) is 17.4 Å². The third-order valence-electron chi connectivity index (χ3n) is 5.52.